The molecule has 0 saturated carbocycles. The summed E-state index contributed by atoms with van der Waals surface area (Å²) in [5, 5.41) is 20.2. The van der Waals surface area contributed by atoms with E-state index in [9.17, 15) is 38.1 Å². The van der Waals surface area contributed by atoms with Crippen LogP contribution in [0.1, 0.15) is 12.5 Å². The van der Waals surface area contributed by atoms with Gasteiger partial charge in [0.05, 0.1) is 13.2 Å². The Morgan fingerprint density at radius 2 is 0.960 bits per heavy atom. The van der Waals surface area contributed by atoms with Crippen molar-refractivity contribution < 1.29 is 95.2 Å². The van der Waals surface area contributed by atoms with Crippen LogP contribution in [0.25, 0.3) is 0 Å². The molecule has 4 heterocycles. The molecular weight excluding hydrogens is 776 g/mol. The maximum Gasteiger partial charge on any atom is 0.470 e. The van der Waals surface area contributed by atoms with E-state index in [2.05, 4.69) is 28.1 Å². The Kier molecular flexibility index (Phi) is 13.6. The lowest BCUT2D eigenvalue weighted by Crippen LogP contribution is -2.37. The predicted molar refractivity (Wildman–Crippen MR) is 155 cm³/mol. The van der Waals surface area contributed by atoms with E-state index >= 15 is 0 Å². The molecule has 2 aliphatic rings. The average Bonchev–Trinajstić information content (AvgIpc) is 3.39. The number of anilines is 2. The van der Waals surface area contributed by atoms with E-state index in [-0.39, 0.29) is 11.6 Å². The van der Waals surface area contributed by atoms with Gasteiger partial charge in [0.1, 0.15) is 48.3 Å². The highest BCUT2D eigenvalue weighted by Gasteiger charge is 2.50. The predicted octanol–water partition coefficient (Wildman–Crippen LogP) is -4.66. The average molecular weight is 806 g/mol. The maximum atomic E-state index is 11.9. The number of ether oxygens (including phenoxy) is 2. The van der Waals surface area contributed by atoms with Crippen molar-refractivity contribution in [3.05, 3.63) is 45.5 Å². The Hall–Kier alpha value is -2.36. The third-order valence-corrected chi connectivity index (χ3v) is 8.22. The molecule has 4 rings (SSSR count). The van der Waals surface area contributed by atoms with Crippen molar-refractivity contribution >= 4 is 42.9 Å². The summed E-state index contributed by atoms with van der Waals surface area (Å²) in [6.45, 7) is -1.67. The van der Waals surface area contributed by atoms with E-state index in [1.54, 1.807) is 0 Å². The number of aliphatic hydroxyl groups excluding tert-OH is 2. The molecule has 2 aromatic heterocycles. The fourth-order valence-electron chi connectivity index (χ4n) is 4.28. The standard InChI is InChI=1S/2C9H15N3O11P2/c2*10-5-1-2-12(9(14)11-5)8-7(23-25(18,19)20)6(13)4(22-8)3-21-24(15,16)17/h2*1-2,4,6-8,13H,3H2,(H2,10,11,14)(H2,15,16,17)(H2,18,19,20)/t2*4-,6-,7-,8-/m11/s1. The van der Waals surface area contributed by atoms with Gasteiger partial charge in [-0.15, -0.1) is 0 Å². The minimum atomic E-state index is -5.11. The van der Waals surface area contributed by atoms with Crippen LogP contribution in [0.5, 0.6) is 0 Å². The van der Waals surface area contributed by atoms with Gasteiger partial charge in [-0.05, 0) is 12.1 Å². The lowest BCUT2D eigenvalue weighted by molar-refractivity contribution is -0.0536. The third kappa shape index (κ3) is 12.4. The third-order valence-electron chi connectivity index (χ3n) is 6.21. The van der Waals surface area contributed by atoms with Crippen LogP contribution < -0.4 is 22.8 Å². The van der Waals surface area contributed by atoms with Crippen molar-refractivity contribution in [2.75, 3.05) is 24.7 Å². The zero-order chi connectivity index (χ0) is 38.0. The van der Waals surface area contributed by atoms with Crippen LogP contribution in [-0.4, -0.2) is 118 Å². The van der Waals surface area contributed by atoms with Crippen LogP contribution in [-0.2, 0) is 45.8 Å². The SMILES string of the molecule is Nc1ccn([C@@H]2O[C@H](COP(=O)(O)O)[C@@H](O)[C@H]2OP(=O)(O)O)c(=O)n1.Nc1ccn([C@@H]2O[C@H](COP(=O)(O)O)[C@@H](O)[C@H]2OP(=O)(O)O)c(=O)n1. The molecule has 0 radical (unpaired) electrons. The van der Waals surface area contributed by atoms with Crippen LogP contribution in [0.3, 0.4) is 0 Å². The van der Waals surface area contributed by atoms with E-state index < -0.39 is 105 Å². The van der Waals surface area contributed by atoms with Gasteiger partial charge in [-0.2, -0.15) is 9.97 Å². The number of nitrogens with two attached hydrogens (primary N) is 2. The van der Waals surface area contributed by atoms with Gasteiger partial charge in [0.25, 0.3) is 0 Å². The molecule has 0 amide bonds. The van der Waals surface area contributed by atoms with Gasteiger partial charge in [0.15, 0.2) is 12.5 Å². The molecule has 2 aromatic rings. The Morgan fingerprint density at radius 1 is 0.640 bits per heavy atom. The minimum Gasteiger partial charge on any atom is -0.387 e. The van der Waals surface area contributed by atoms with Crippen molar-refractivity contribution in [1.82, 2.24) is 19.1 Å². The summed E-state index contributed by atoms with van der Waals surface area (Å²) >= 11 is 0. The van der Waals surface area contributed by atoms with Crippen molar-refractivity contribution in [3.63, 3.8) is 0 Å². The molecule has 0 aliphatic carbocycles. The molecule has 2 saturated heterocycles. The first-order chi connectivity index (χ1) is 22.7. The van der Waals surface area contributed by atoms with E-state index in [1.165, 1.54) is 12.1 Å². The second-order valence-corrected chi connectivity index (χ2v) is 14.8. The molecule has 2 aliphatic heterocycles. The Balaban J connectivity index is 0.000000270. The number of hydrogen-bond acceptors (Lipinski definition) is 18. The van der Waals surface area contributed by atoms with Crippen molar-refractivity contribution in [3.8, 4) is 0 Å². The summed E-state index contributed by atoms with van der Waals surface area (Å²) in [6.07, 6.45) is -10.9. The fourth-order valence-corrected chi connectivity index (χ4v) is 6.06. The zero-order valence-corrected chi connectivity index (χ0v) is 28.0. The van der Waals surface area contributed by atoms with Gasteiger partial charge in [-0.1, -0.05) is 0 Å². The maximum absolute atomic E-state index is 11.9. The molecule has 50 heavy (non-hydrogen) atoms. The monoisotopic (exact) mass is 806 g/mol. The van der Waals surface area contributed by atoms with Gasteiger partial charge < -0.3 is 70.3 Å². The lowest BCUT2D eigenvalue weighted by atomic mass is 10.1. The first kappa shape index (κ1) is 42.1. The van der Waals surface area contributed by atoms with E-state index in [0.29, 0.717) is 0 Å². The smallest absolute Gasteiger partial charge is 0.387 e. The summed E-state index contributed by atoms with van der Waals surface area (Å²) in [5.74, 6) is -0.262. The molecule has 8 atom stereocenters. The molecular formula is C18H30N6O22P4. The van der Waals surface area contributed by atoms with E-state index in [0.717, 1.165) is 21.5 Å². The molecule has 284 valence electrons. The highest BCUT2D eigenvalue weighted by atomic mass is 31.2. The van der Waals surface area contributed by atoms with E-state index in [1.807, 2.05) is 0 Å². The largest absolute Gasteiger partial charge is 0.470 e. The molecule has 0 aromatic carbocycles. The summed E-state index contributed by atoms with van der Waals surface area (Å²) in [4.78, 5) is 101. The second kappa shape index (κ2) is 16.1. The summed E-state index contributed by atoms with van der Waals surface area (Å²) in [7, 11) is -20.0. The summed E-state index contributed by atoms with van der Waals surface area (Å²) in [5.41, 5.74) is 8.74. The molecule has 0 spiro atoms. The molecule has 14 N–H and O–H groups in total. The van der Waals surface area contributed by atoms with Gasteiger partial charge in [0, 0.05) is 12.4 Å². The fraction of sp³-hybridized carbons (Fsp3) is 0.556. The Morgan fingerprint density at radius 3 is 1.22 bits per heavy atom. The number of rotatable bonds is 12. The topological polar surface area (TPSA) is 448 Å². The van der Waals surface area contributed by atoms with Crippen molar-refractivity contribution in [1.29, 1.82) is 0 Å². The number of phosphoric ester groups is 4. The van der Waals surface area contributed by atoms with Crippen molar-refractivity contribution in [2.45, 2.75) is 49.1 Å². The quantitative estimate of drug-likeness (QED) is 0.0897. The number of nitrogen functional groups attached to an aromatic ring is 2. The Labute approximate surface area is 276 Å². The first-order valence-corrected chi connectivity index (χ1v) is 19.1. The normalized spacial score (nSPS) is 27.6. The van der Waals surface area contributed by atoms with Gasteiger partial charge in [0.2, 0.25) is 0 Å². The zero-order valence-electron chi connectivity index (χ0n) is 24.4. The first-order valence-electron chi connectivity index (χ1n) is 13.0. The van der Waals surface area contributed by atoms with Crippen LogP contribution in [0.4, 0.5) is 11.6 Å². The second-order valence-electron chi connectivity index (χ2n) is 9.89. The Bertz CT molecular complexity index is 1670. The van der Waals surface area contributed by atoms with E-state index in [4.69, 9.17) is 60.1 Å². The molecule has 2 fully saturated rings. The van der Waals surface area contributed by atoms with Crippen LogP contribution in [0.15, 0.2) is 34.1 Å². The number of nitrogens with zero attached hydrogens (tertiary/aromatic N) is 4. The summed E-state index contributed by atoms with van der Waals surface area (Å²) in [6, 6.07) is 2.37. The van der Waals surface area contributed by atoms with Crippen molar-refractivity contribution in [2.24, 2.45) is 0 Å². The number of phosphoric acid groups is 4. The number of hydrogen-bond donors (Lipinski definition) is 12. The van der Waals surface area contributed by atoms with Gasteiger partial charge in [-0.25, -0.2) is 27.8 Å². The highest BCUT2D eigenvalue weighted by Crippen LogP contribution is 2.47. The molecule has 0 unspecified atom stereocenters. The van der Waals surface area contributed by atoms with Crippen LogP contribution in [0.2, 0.25) is 0 Å². The molecule has 32 heteroatoms. The molecule has 0 bridgehead atoms. The summed E-state index contributed by atoms with van der Waals surface area (Å²) < 4.78 is 73.0. The number of aliphatic hydroxyl groups is 2. The van der Waals surface area contributed by atoms with Gasteiger partial charge >= 0.3 is 42.7 Å². The highest BCUT2D eigenvalue weighted by molar-refractivity contribution is 7.47. The van der Waals surface area contributed by atoms with Crippen LogP contribution in [0, 0.1) is 0 Å². The van der Waals surface area contributed by atoms with Gasteiger partial charge in [-0.3, -0.25) is 27.2 Å². The van der Waals surface area contributed by atoms with Crippen LogP contribution >= 0.6 is 31.3 Å². The molecule has 28 nitrogen and oxygen atoms in total. The number of aromatic nitrogens is 4. The lowest BCUT2D eigenvalue weighted by Gasteiger charge is -2.22. The minimum absolute atomic E-state index is 0.131.